The molecule has 0 amide bonds. The number of aliphatic imine (C=N–C) groups is 1. The van der Waals surface area contributed by atoms with Gasteiger partial charge in [-0.05, 0) is 31.0 Å². The summed E-state index contributed by atoms with van der Waals surface area (Å²) in [5.74, 6) is 2.18. The summed E-state index contributed by atoms with van der Waals surface area (Å²) < 4.78 is 16.5. The number of benzene rings is 1. The van der Waals surface area contributed by atoms with E-state index < -0.39 is 0 Å². The lowest BCUT2D eigenvalue weighted by Crippen LogP contribution is -2.37. The van der Waals surface area contributed by atoms with Crippen LogP contribution in [-0.2, 0) is 11.3 Å². The molecule has 1 aromatic carbocycles. The van der Waals surface area contributed by atoms with Crippen molar-refractivity contribution >= 4 is 29.9 Å². The minimum Gasteiger partial charge on any atom is -0.490 e. The average molecular weight is 514 g/mol. The maximum Gasteiger partial charge on any atom is 0.213 e. The molecule has 0 aliphatic rings. The van der Waals surface area contributed by atoms with Crippen molar-refractivity contribution in [2.45, 2.75) is 19.9 Å². The first-order valence-electron chi connectivity index (χ1n) is 9.59. The number of ether oxygens (including phenoxy) is 3. The van der Waals surface area contributed by atoms with Crippen LogP contribution in [0.15, 0.2) is 53.7 Å². The quantitative estimate of drug-likeness (QED) is 0.196. The Balaban J connectivity index is 0.00000420. The molecule has 0 spiro atoms. The molecular weight excluding hydrogens is 483 g/mol. The third kappa shape index (κ3) is 10.9. The zero-order valence-electron chi connectivity index (χ0n) is 17.1. The molecule has 2 aromatic rings. The van der Waals surface area contributed by atoms with E-state index in [1.54, 1.807) is 13.2 Å². The van der Waals surface area contributed by atoms with Crippen LogP contribution in [0.4, 0.5) is 0 Å². The lowest BCUT2D eigenvalue weighted by Gasteiger charge is -2.12. The van der Waals surface area contributed by atoms with Gasteiger partial charge in [0.1, 0.15) is 19.0 Å². The van der Waals surface area contributed by atoms with E-state index in [2.05, 4.69) is 20.6 Å². The van der Waals surface area contributed by atoms with Crippen molar-refractivity contribution in [2.75, 3.05) is 40.0 Å². The molecule has 160 valence electrons. The maximum absolute atomic E-state index is 5.61. The minimum absolute atomic E-state index is 0. The normalized spacial score (nSPS) is 10.8. The summed E-state index contributed by atoms with van der Waals surface area (Å²) in [4.78, 5) is 8.54. The van der Waals surface area contributed by atoms with Crippen LogP contribution in [0.2, 0.25) is 0 Å². The largest absolute Gasteiger partial charge is 0.490 e. The van der Waals surface area contributed by atoms with E-state index in [1.807, 2.05) is 49.4 Å². The average Bonchev–Trinajstić information content (AvgIpc) is 2.75. The number of aromatic nitrogens is 1. The van der Waals surface area contributed by atoms with E-state index in [9.17, 15) is 0 Å². The Hall–Kier alpha value is -2.07. The van der Waals surface area contributed by atoms with Gasteiger partial charge in [0.2, 0.25) is 5.88 Å². The van der Waals surface area contributed by atoms with Gasteiger partial charge in [0.15, 0.2) is 5.96 Å². The highest BCUT2D eigenvalue weighted by molar-refractivity contribution is 14.0. The van der Waals surface area contributed by atoms with E-state index in [1.165, 1.54) is 0 Å². The second-order valence-corrected chi connectivity index (χ2v) is 5.92. The summed E-state index contributed by atoms with van der Waals surface area (Å²) in [6, 6.07) is 13.5. The van der Waals surface area contributed by atoms with Gasteiger partial charge < -0.3 is 24.8 Å². The van der Waals surface area contributed by atoms with Crippen LogP contribution in [0, 0.1) is 0 Å². The van der Waals surface area contributed by atoms with Crippen LogP contribution in [0.25, 0.3) is 0 Å². The lowest BCUT2D eigenvalue weighted by molar-refractivity contribution is 0.145. The molecule has 2 rings (SSSR count). The van der Waals surface area contributed by atoms with Crippen LogP contribution < -0.4 is 20.1 Å². The Morgan fingerprint density at radius 1 is 1.00 bits per heavy atom. The molecule has 0 unspecified atom stereocenters. The number of nitrogens with one attached hydrogen (secondary N) is 2. The van der Waals surface area contributed by atoms with Crippen molar-refractivity contribution in [1.29, 1.82) is 0 Å². The van der Waals surface area contributed by atoms with Gasteiger partial charge in [-0.2, -0.15) is 0 Å². The number of hydrogen-bond acceptors (Lipinski definition) is 5. The number of para-hydroxylation sites is 1. The Morgan fingerprint density at radius 2 is 1.79 bits per heavy atom. The first-order valence-corrected chi connectivity index (χ1v) is 9.59. The summed E-state index contributed by atoms with van der Waals surface area (Å²) in [7, 11) is 1.75. The monoisotopic (exact) mass is 514 g/mol. The fourth-order valence-electron chi connectivity index (χ4n) is 2.36. The SMILES string of the molecule is CCOCCCNC(=NC)NCc1ccc(OCCOc2ccccc2)nc1.I. The number of halogens is 1. The van der Waals surface area contributed by atoms with E-state index in [-0.39, 0.29) is 24.0 Å². The molecule has 0 radical (unpaired) electrons. The molecule has 0 atom stereocenters. The molecule has 2 N–H and O–H groups in total. The molecule has 0 aliphatic heterocycles. The second-order valence-electron chi connectivity index (χ2n) is 5.92. The number of nitrogens with zero attached hydrogens (tertiary/aromatic N) is 2. The fraction of sp³-hybridized carbons (Fsp3) is 0.429. The number of hydrogen-bond donors (Lipinski definition) is 2. The third-order valence-electron chi connectivity index (χ3n) is 3.79. The lowest BCUT2D eigenvalue weighted by atomic mass is 10.3. The maximum atomic E-state index is 5.61. The molecule has 29 heavy (non-hydrogen) atoms. The van der Waals surface area contributed by atoms with Crippen LogP contribution >= 0.6 is 24.0 Å². The van der Waals surface area contributed by atoms with Gasteiger partial charge in [-0.25, -0.2) is 4.98 Å². The van der Waals surface area contributed by atoms with Crippen molar-refractivity contribution in [1.82, 2.24) is 15.6 Å². The third-order valence-corrected chi connectivity index (χ3v) is 3.79. The molecule has 1 aromatic heterocycles. The van der Waals surface area contributed by atoms with Crippen LogP contribution in [0.1, 0.15) is 18.9 Å². The minimum atomic E-state index is 0. The highest BCUT2D eigenvalue weighted by Crippen LogP contribution is 2.09. The van der Waals surface area contributed by atoms with Crippen LogP contribution in [0.5, 0.6) is 11.6 Å². The van der Waals surface area contributed by atoms with Gasteiger partial charge in [0.25, 0.3) is 0 Å². The predicted molar refractivity (Wildman–Crippen MR) is 126 cm³/mol. The standard InChI is InChI=1S/C21H30N4O3.HI/c1-3-26-13-7-12-23-21(22-2)25-17-18-10-11-20(24-16-18)28-15-14-27-19-8-5-4-6-9-19;/h4-6,8-11,16H,3,7,12-15,17H2,1-2H3,(H2,22,23,25);1H. The zero-order valence-corrected chi connectivity index (χ0v) is 19.4. The van der Waals surface area contributed by atoms with Gasteiger partial charge >= 0.3 is 0 Å². The summed E-state index contributed by atoms with van der Waals surface area (Å²) in [5.41, 5.74) is 1.05. The molecule has 1 heterocycles. The summed E-state index contributed by atoms with van der Waals surface area (Å²) in [6.07, 6.45) is 2.73. The molecule has 0 saturated carbocycles. The zero-order chi connectivity index (χ0) is 19.9. The van der Waals surface area contributed by atoms with E-state index in [0.29, 0.717) is 25.6 Å². The highest BCUT2D eigenvalue weighted by Gasteiger charge is 2.01. The van der Waals surface area contributed by atoms with Crippen molar-refractivity contribution in [2.24, 2.45) is 4.99 Å². The predicted octanol–water partition coefficient (Wildman–Crippen LogP) is 3.25. The molecule has 7 nitrogen and oxygen atoms in total. The van der Waals surface area contributed by atoms with E-state index >= 15 is 0 Å². The number of pyridine rings is 1. The highest BCUT2D eigenvalue weighted by atomic mass is 127. The summed E-state index contributed by atoms with van der Waals surface area (Å²) in [5, 5.41) is 6.52. The van der Waals surface area contributed by atoms with Gasteiger partial charge in [0, 0.05) is 45.6 Å². The molecule has 0 fully saturated rings. The Labute approximate surface area is 190 Å². The first-order chi connectivity index (χ1) is 13.8. The van der Waals surface area contributed by atoms with Crippen molar-refractivity contribution in [3.8, 4) is 11.6 Å². The summed E-state index contributed by atoms with van der Waals surface area (Å²) in [6.45, 7) is 5.86. The topological polar surface area (TPSA) is 77.0 Å². The number of guanidine groups is 1. The number of rotatable bonds is 12. The molecule has 0 bridgehead atoms. The molecular formula is C21H31IN4O3. The fourth-order valence-corrected chi connectivity index (χ4v) is 2.36. The van der Waals surface area contributed by atoms with Gasteiger partial charge in [-0.3, -0.25) is 4.99 Å². The van der Waals surface area contributed by atoms with Crippen LogP contribution in [0.3, 0.4) is 0 Å². The Kier molecular flexibility index (Phi) is 13.6. The van der Waals surface area contributed by atoms with Crippen molar-refractivity contribution < 1.29 is 14.2 Å². The van der Waals surface area contributed by atoms with E-state index in [0.717, 1.165) is 43.5 Å². The van der Waals surface area contributed by atoms with E-state index in [4.69, 9.17) is 14.2 Å². The van der Waals surface area contributed by atoms with Gasteiger partial charge in [-0.1, -0.05) is 24.3 Å². The Bertz CT molecular complexity index is 684. The second kappa shape index (κ2) is 15.8. The van der Waals surface area contributed by atoms with Gasteiger partial charge in [-0.15, -0.1) is 24.0 Å². The summed E-state index contributed by atoms with van der Waals surface area (Å²) >= 11 is 0. The molecule has 0 saturated heterocycles. The van der Waals surface area contributed by atoms with Gasteiger partial charge in [0.05, 0.1) is 0 Å². The van der Waals surface area contributed by atoms with Crippen LogP contribution in [-0.4, -0.2) is 51.0 Å². The smallest absolute Gasteiger partial charge is 0.213 e. The van der Waals surface area contributed by atoms with Crippen molar-refractivity contribution in [3.63, 3.8) is 0 Å². The molecule has 8 heteroatoms. The first kappa shape index (κ1) is 25.0. The molecule has 0 aliphatic carbocycles. The Morgan fingerprint density at radius 3 is 2.48 bits per heavy atom. The van der Waals surface area contributed by atoms with Crippen molar-refractivity contribution in [3.05, 3.63) is 54.2 Å².